The Kier molecular flexibility index (Phi) is 5.53. The van der Waals surface area contributed by atoms with Gasteiger partial charge in [0.05, 0.1) is 0 Å². The van der Waals surface area contributed by atoms with Crippen LogP contribution in [0.5, 0.6) is 0 Å². The van der Waals surface area contributed by atoms with E-state index in [1.54, 1.807) is 0 Å². The van der Waals surface area contributed by atoms with Gasteiger partial charge in [0.2, 0.25) is 0 Å². The number of unbranched alkanes of at least 4 members (excludes halogenated alkanes) is 2. The van der Waals surface area contributed by atoms with Crippen molar-refractivity contribution in [3.05, 3.63) is 0 Å². The molecule has 0 aromatic heterocycles. The van der Waals surface area contributed by atoms with Crippen molar-refractivity contribution in [2.45, 2.75) is 59.8 Å². The highest BCUT2D eigenvalue weighted by molar-refractivity contribution is 4.56. The molecule has 0 N–H and O–H groups in total. The monoisotopic (exact) mass is 157 g/mol. The van der Waals surface area contributed by atoms with Crippen molar-refractivity contribution in [1.82, 2.24) is 0 Å². The third-order valence-electron chi connectivity index (χ3n) is 2.11. The van der Waals surface area contributed by atoms with Crippen molar-refractivity contribution in [3.8, 4) is 0 Å². The van der Waals surface area contributed by atoms with Gasteiger partial charge in [-0.2, -0.15) is 0 Å². The smallest absolute Gasteiger partial charge is 0.0233 e. The van der Waals surface area contributed by atoms with Gasteiger partial charge in [0.1, 0.15) is 0 Å². The largest absolute Gasteiger partial charge is 0.0654 e. The van der Waals surface area contributed by atoms with Crippen molar-refractivity contribution >= 4 is 0 Å². The van der Waals surface area contributed by atoms with Crippen LogP contribution in [0.25, 0.3) is 0 Å². The van der Waals surface area contributed by atoms with Crippen LogP contribution < -0.4 is 0 Å². The van der Waals surface area contributed by atoms with Crippen molar-refractivity contribution in [2.24, 2.45) is 11.8 Å². The van der Waals surface area contributed by atoms with E-state index in [0.717, 1.165) is 5.92 Å². The maximum Gasteiger partial charge on any atom is 0.0233 e. The number of hydrogen-bond acceptors (Lipinski definition) is 0. The lowest BCUT2D eigenvalue weighted by Gasteiger charge is -2.12. The zero-order chi connectivity index (χ0) is 9.40. The SMILES string of the molecule is [2H]CC(C)C[C@H](C)CCCCC. The second kappa shape index (κ2) is 6.69. The molecular formula is C11H24. The fraction of sp³-hybridized carbons (Fsp3) is 1.00. The van der Waals surface area contributed by atoms with Crippen molar-refractivity contribution in [3.63, 3.8) is 0 Å². The molecule has 0 heterocycles. The van der Waals surface area contributed by atoms with Gasteiger partial charge in [-0.15, -0.1) is 0 Å². The summed E-state index contributed by atoms with van der Waals surface area (Å²) in [7, 11) is 0. The zero-order valence-corrected chi connectivity index (χ0v) is 8.40. The number of hydrogen-bond donors (Lipinski definition) is 0. The van der Waals surface area contributed by atoms with Gasteiger partial charge < -0.3 is 0 Å². The van der Waals surface area contributed by atoms with Crippen LogP contribution in [-0.4, -0.2) is 0 Å². The van der Waals surface area contributed by atoms with Crippen molar-refractivity contribution in [1.29, 1.82) is 0 Å². The normalized spacial score (nSPS) is 17.5. The Hall–Kier alpha value is 0. The van der Waals surface area contributed by atoms with Crippen LogP contribution in [-0.2, 0) is 0 Å². The highest BCUT2D eigenvalue weighted by Gasteiger charge is 2.03. The Morgan fingerprint density at radius 3 is 2.55 bits per heavy atom. The fourth-order valence-electron chi connectivity index (χ4n) is 1.55. The molecule has 0 aliphatic rings. The standard InChI is InChI=1S/C11H24/c1-5-6-7-8-11(4)9-10(2)3/h10-11H,5-9H2,1-4H3/t11-/m1/s1/i2D/t10?,11-. The molecule has 0 aromatic rings. The molecule has 0 spiro atoms. The first-order valence-corrected chi connectivity index (χ1v) is 4.99. The quantitative estimate of drug-likeness (QED) is 0.506. The van der Waals surface area contributed by atoms with Crippen molar-refractivity contribution < 1.29 is 1.37 Å². The second-order valence-electron chi connectivity index (χ2n) is 3.94. The average molecular weight is 157 g/mol. The maximum absolute atomic E-state index is 7.22. The van der Waals surface area contributed by atoms with Crippen LogP contribution in [0.3, 0.4) is 0 Å². The Morgan fingerprint density at radius 2 is 2.00 bits per heavy atom. The molecular weight excluding hydrogens is 132 g/mol. The van der Waals surface area contributed by atoms with Gasteiger partial charge in [-0.25, -0.2) is 0 Å². The van der Waals surface area contributed by atoms with E-state index in [9.17, 15) is 0 Å². The second-order valence-corrected chi connectivity index (χ2v) is 3.94. The Morgan fingerprint density at radius 1 is 1.27 bits per heavy atom. The van der Waals surface area contributed by atoms with E-state index in [1.807, 2.05) is 0 Å². The van der Waals surface area contributed by atoms with Gasteiger partial charge in [0.15, 0.2) is 0 Å². The lowest BCUT2D eigenvalue weighted by molar-refractivity contribution is 0.400. The van der Waals surface area contributed by atoms with E-state index >= 15 is 0 Å². The summed E-state index contributed by atoms with van der Waals surface area (Å²) >= 11 is 0. The molecule has 68 valence electrons. The molecule has 0 amide bonds. The minimum Gasteiger partial charge on any atom is -0.0654 e. The van der Waals surface area contributed by atoms with Gasteiger partial charge >= 0.3 is 0 Å². The maximum atomic E-state index is 7.22. The summed E-state index contributed by atoms with van der Waals surface area (Å²) in [6.45, 7) is 7.35. The average Bonchev–Trinajstić information content (AvgIpc) is 2.05. The van der Waals surface area contributed by atoms with Gasteiger partial charge in [-0.1, -0.05) is 53.4 Å². The summed E-state index contributed by atoms with van der Waals surface area (Å²) in [6.07, 6.45) is 6.67. The summed E-state index contributed by atoms with van der Waals surface area (Å²) in [5.41, 5.74) is 0. The first kappa shape index (κ1) is 9.09. The molecule has 0 nitrogen and oxygen atoms in total. The predicted molar refractivity (Wildman–Crippen MR) is 52.8 cm³/mol. The van der Waals surface area contributed by atoms with Crippen molar-refractivity contribution in [2.75, 3.05) is 0 Å². The Balaban J connectivity index is 3.26. The molecule has 0 fully saturated rings. The van der Waals surface area contributed by atoms with Crippen LogP contribution in [0.1, 0.15) is 61.1 Å². The lowest BCUT2D eigenvalue weighted by Crippen LogP contribution is -1.99. The summed E-state index contributed by atoms with van der Waals surface area (Å²) in [4.78, 5) is 0. The Bertz CT molecular complexity index is 91.0. The van der Waals surface area contributed by atoms with Crippen LogP contribution in [0, 0.1) is 11.8 Å². The van der Waals surface area contributed by atoms with E-state index in [0.29, 0.717) is 12.8 Å². The van der Waals surface area contributed by atoms with E-state index in [1.165, 1.54) is 32.1 Å². The van der Waals surface area contributed by atoms with E-state index in [2.05, 4.69) is 20.8 Å². The van der Waals surface area contributed by atoms with E-state index < -0.39 is 0 Å². The third kappa shape index (κ3) is 7.90. The third-order valence-corrected chi connectivity index (χ3v) is 2.11. The topological polar surface area (TPSA) is 0 Å². The summed E-state index contributed by atoms with van der Waals surface area (Å²) < 4.78 is 7.22. The van der Waals surface area contributed by atoms with Crippen LogP contribution in [0.15, 0.2) is 0 Å². The summed E-state index contributed by atoms with van der Waals surface area (Å²) in [5, 5.41) is 0. The first-order valence-electron chi connectivity index (χ1n) is 5.70. The molecule has 1 unspecified atom stereocenters. The molecule has 0 rings (SSSR count). The van der Waals surface area contributed by atoms with Gasteiger partial charge in [0, 0.05) is 1.37 Å². The highest BCUT2D eigenvalue weighted by Crippen LogP contribution is 2.17. The van der Waals surface area contributed by atoms with E-state index in [-0.39, 0.29) is 0 Å². The van der Waals surface area contributed by atoms with Gasteiger partial charge in [-0.3, -0.25) is 0 Å². The summed E-state index contributed by atoms with van der Waals surface area (Å²) in [5.74, 6) is 1.43. The Labute approximate surface area is 73.8 Å². The van der Waals surface area contributed by atoms with Crippen LogP contribution >= 0.6 is 0 Å². The van der Waals surface area contributed by atoms with Crippen LogP contribution in [0.4, 0.5) is 0 Å². The van der Waals surface area contributed by atoms with Crippen LogP contribution in [0.2, 0.25) is 0 Å². The molecule has 0 saturated carbocycles. The molecule has 0 radical (unpaired) electrons. The molecule has 0 aliphatic carbocycles. The molecule has 0 aliphatic heterocycles. The van der Waals surface area contributed by atoms with E-state index in [4.69, 9.17) is 1.37 Å². The van der Waals surface area contributed by atoms with Gasteiger partial charge in [0.25, 0.3) is 0 Å². The molecule has 0 saturated heterocycles. The minimum atomic E-state index is 0.595. The molecule has 0 heteroatoms. The highest BCUT2D eigenvalue weighted by atomic mass is 14.1. The molecule has 2 atom stereocenters. The number of rotatable bonds is 6. The minimum absolute atomic E-state index is 0.595. The molecule has 11 heavy (non-hydrogen) atoms. The molecule has 0 aromatic carbocycles. The lowest BCUT2D eigenvalue weighted by atomic mass is 9.94. The predicted octanol–water partition coefficient (Wildman–Crippen LogP) is 4.25. The zero-order valence-electron chi connectivity index (χ0n) is 9.40. The van der Waals surface area contributed by atoms with Gasteiger partial charge in [-0.05, 0) is 18.3 Å². The fourth-order valence-corrected chi connectivity index (χ4v) is 1.55. The molecule has 0 bridgehead atoms. The summed E-state index contributed by atoms with van der Waals surface area (Å²) in [6, 6.07) is 0. The first-order chi connectivity index (χ1) is 5.70.